The number of hydrogen-bond acceptors (Lipinski definition) is 5. The molecule has 38 heavy (non-hydrogen) atoms. The molecule has 2 amide bonds. The maximum Gasteiger partial charge on any atom is 0.417 e. The Morgan fingerprint density at radius 1 is 1.13 bits per heavy atom. The summed E-state index contributed by atoms with van der Waals surface area (Å²) >= 11 is 0. The van der Waals surface area contributed by atoms with E-state index in [4.69, 9.17) is 5.41 Å². The molecule has 1 saturated heterocycles. The molecule has 4 N–H and O–H groups in total. The number of rotatable bonds is 7. The van der Waals surface area contributed by atoms with Crippen molar-refractivity contribution in [1.82, 2.24) is 15.6 Å². The summed E-state index contributed by atoms with van der Waals surface area (Å²) < 4.78 is 55.6. The van der Waals surface area contributed by atoms with Crippen LogP contribution in [0.25, 0.3) is 11.3 Å². The number of amides is 2. The number of nitrogens with zero attached hydrogens (tertiary/aromatic N) is 1. The highest BCUT2D eigenvalue weighted by Gasteiger charge is 2.36. The molecule has 7 nitrogen and oxygen atoms in total. The van der Waals surface area contributed by atoms with Crippen LogP contribution in [-0.4, -0.2) is 36.1 Å². The second-order valence-corrected chi connectivity index (χ2v) is 8.57. The topological polar surface area (TPSA) is 107 Å². The number of aromatic nitrogens is 1. The summed E-state index contributed by atoms with van der Waals surface area (Å²) in [4.78, 5) is 29.5. The lowest BCUT2D eigenvalue weighted by atomic mass is 9.98. The molecule has 0 radical (unpaired) electrons. The lowest BCUT2D eigenvalue weighted by Gasteiger charge is -2.17. The number of halogens is 4. The van der Waals surface area contributed by atoms with Crippen LogP contribution in [0.4, 0.5) is 23.2 Å². The molecule has 0 aliphatic carbocycles. The SMILES string of the molecule is CN/C=C\C(=N)c1cc(C(=O)Nc2ccc(C3CNC(=O)C3)nc2-c2ccccc2)c(F)cc1C(F)(F)F. The average molecular weight is 526 g/mol. The van der Waals surface area contributed by atoms with Crippen molar-refractivity contribution in [3.63, 3.8) is 0 Å². The Morgan fingerprint density at radius 3 is 2.50 bits per heavy atom. The normalized spacial score (nSPS) is 15.4. The maximum absolute atomic E-state index is 14.8. The smallest absolute Gasteiger partial charge is 0.394 e. The Hall–Kier alpha value is -4.54. The van der Waals surface area contributed by atoms with Gasteiger partial charge < -0.3 is 21.4 Å². The lowest BCUT2D eigenvalue weighted by Crippen LogP contribution is -2.19. The number of carbonyl (C=O) groups is 2. The van der Waals surface area contributed by atoms with E-state index >= 15 is 0 Å². The van der Waals surface area contributed by atoms with E-state index in [-0.39, 0.29) is 30.0 Å². The predicted molar refractivity (Wildman–Crippen MR) is 134 cm³/mol. The first kappa shape index (κ1) is 26.5. The third-order valence-corrected chi connectivity index (χ3v) is 5.97. The molecular weight excluding hydrogens is 502 g/mol. The van der Waals surface area contributed by atoms with Crippen molar-refractivity contribution >= 4 is 23.2 Å². The first-order valence-electron chi connectivity index (χ1n) is 11.6. The van der Waals surface area contributed by atoms with Gasteiger partial charge in [-0.25, -0.2) is 4.39 Å². The van der Waals surface area contributed by atoms with Crippen LogP contribution in [0.2, 0.25) is 0 Å². The Kier molecular flexibility index (Phi) is 7.56. The van der Waals surface area contributed by atoms with E-state index in [9.17, 15) is 27.2 Å². The summed E-state index contributed by atoms with van der Waals surface area (Å²) in [7, 11) is 1.50. The molecule has 1 aliphatic rings. The van der Waals surface area contributed by atoms with Gasteiger partial charge in [0.15, 0.2) is 0 Å². The van der Waals surface area contributed by atoms with E-state index in [2.05, 4.69) is 20.9 Å². The van der Waals surface area contributed by atoms with E-state index in [1.165, 1.54) is 13.2 Å². The first-order chi connectivity index (χ1) is 18.1. The maximum atomic E-state index is 14.8. The first-order valence-corrected chi connectivity index (χ1v) is 11.6. The summed E-state index contributed by atoms with van der Waals surface area (Å²) in [6.07, 6.45) is -2.36. The molecule has 2 aromatic carbocycles. The van der Waals surface area contributed by atoms with Gasteiger partial charge in [-0.15, -0.1) is 0 Å². The fourth-order valence-electron chi connectivity index (χ4n) is 4.08. The molecule has 4 rings (SSSR count). The zero-order chi connectivity index (χ0) is 27.4. The third-order valence-electron chi connectivity index (χ3n) is 5.97. The number of allylic oxidation sites excluding steroid dienone is 1. The van der Waals surface area contributed by atoms with Gasteiger partial charge in [-0.2, -0.15) is 13.2 Å². The number of benzene rings is 2. The summed E-state index contributed by atoms with van der Waals surface area (Å²) in [5, 5.41) is 15.9. The van der Waals surface area contributed by atoms with E-state index in [0.29, 0.717) is 23.5 Å². The molecule has 1 aliphatic heterocycles. The van der Waals surface area contributed by atoms with Gasteiger partial charge in [0.1, 0.15) is 5.82 Å². The molecule has 196 valence electrons. The third kappa shape index (κ3) is 5.72. The van der Waals surface area contributed by atoms with Gasteiger partial charge in [-0.05, 0) is 36.5 Å². The van der Waals surface area contributed by atoms with Gasteiger partial charge >= 0.3 is 6.18 Å². The van der Waals surface area contributed by atoms with Gasteiger partial charge in [0.05, 0.1) is 28.2 Å². The summed E-state index contributed by atoms with van der Waals surface area (Å²) in [6, 6.07) is 13.0. The zero-order valence-corrected chi connectivity index (χ0v) is 20.1. The second-order valence-electron chi connectivity index (χ2n) is 8.57. The van der Waals surface area contributed by atoms with Gasteiger partial charge in [0.2, 0.25) is 5.91 Å². The number of nitrogens with one attached hydrogen (secondary N) is 4. The van der Waals surface area contributed by atoms with Crippen molar-refractivity contribution in [2.75, 3.05) is 18.9 Å². The van der Waals surface area contributed by atoms with Crippen LogP contribution >= 0.6 is 0 Å². The summed E-state index contributed by atoms with van der Waals surface area (Å²) in [5.74, 6) is -2.65. The standard InChI is InChI=1S/C27H23F4N5O2/c1-33-10-9-21(32)17-12-18(20(28)13-19(17)27(29,30)31)26(38)36-23-8-7-22(16-11-24(37)34-14-16)35-25(23)15-5-3-2-4-6-15/h2-10,12-13,16,32-33H,11,14H2,1H3,(H,34,37)(H,36,38)/b10-9-,32-21?. The van der Waals surface area contributed by atoms with E-state index in [0.717, 1.165) is 12.1 Å². The highest BCUT2D eigenvalue weighted by Crippen LogP contribution is 2.35. The van der Waals surface area contributed by atoms with Gasteiger partial charge in [0, 0.05) is 42.8 Å². The Labute approximate surface area is 215 Å². The highest BCUT2D eigenvalue weighted by atomic mass is 19.4. The van der Waals surface area contributed by atoms with Crippen LogP contribution in [-0.2, 0) is 11.0 Å². The Bertz CT molecular complexity index is 1420. The van der Waals surface area contributed by atoms with Crippen LogP contribution in [0.5, 0.6) is 0 Å². The molecule has 1 aromatic heterocycles. The predicted octanol–water partition coefficient (Wildman–Crippen LogP) is 4.86. The number of anilines is 1. The Morgan fingerprint density at radius 2 is 1.87 bits per heavy atom. The fraction of sp³-hybridized carbons (Fsp3) is 0.185. The molecule has 0 saturated carbocycles. The molecule has 1 fully saturated rings. The van der Waals surface area contributed by atoms with Crippen molar-refractivity contribution in [2.24, 2.45) is 0 Å². The number of pyridine rings is 1. The zero-order valence-electron chi connectivity index (χ0n) is 20.1. The van der Waals surface area contributed by atoms with Crippen LogP contribution in [0.15, 0.2) is 66.9 Å². The van der Waals surface area contributed by atoms with Crippen LogP contribution in [0.1, 0.15) is 39.5 Å². The Balaban J connectivity index is 1.74. The fourth-order valence-corrected chi connectivity index (χ4v) is 4.08. The monoisotopic (exact) mass is 525 g/mol. The van der Waals surface area contributed by atoms with Gasteiger partial charge in [-0.3, -0.25) is 14.6 Å². The van der Waals surface area contributed by atoms with Crippen molar-refractivity contribution < 1.29 is 27.2 Å². The van der Waals surface area contributed by atoms with Crippen LogP contribution in [0.3, 0.4) is 0 Å². The van der Waals surface area contributed by atoms with Crippen molar-refractivity contribution in [3.8, 4) is 11.3 Å². The minimum absolute atomic E-state index is 0.0980. The minimum atomic E-state index is -4.94. The summed E-state index contributed by atoms with van der Waals surface area (Å²) in [5.41, 5.74) is -1.43. The minimum Gasteiger partial charge on any atom is -0.394 e. The molecule has 0 bridgehead atoms. The van der Waals surface area contributed by atoms with Gasteiger partial charge in [-0.1, -0.05) is 30.3 Å². The van der Waals surface area contributed by atoms with Crippen LogP contribution in [0, 0.1) is 11.2 Å². The molecule has 3 aromatic rings. The van der Waals surface area contributed by atoms with Crippen molar-refractivity contribution in [3.05, 3.63) is 95.1 Å². The molecule has 11 heteroatoms. The average Bonchev–Trinajstić information content (AvgIpc) is 3.33. The van der Waals surface area contributed by atoms with E-state index < -0.39 is 40.3 Å². The summed E-state index contributed by atoms with van der Waals surface area (Å²) in [6.45, 7) is 0.416. The molecule has 0 spiro atoms. The number of carbonyl (C=O) groups excluding carboxylic acids is 2. The molecular formula is C27H23F4N5O2. The lowest BCUT2D eigenvalue weighted by molar-refractivity contribution is -0.137. The van der Waals surface area contributed by atoms with Crippen molar-refractivity contribution in [2.45, 2.75) is 18.5 Å². The number of alkyl halides is 3. The quantitative estimate of drug-likeness (QED) is 0.261. The van der Waals surface area contributed by atoms with Gasteiger partial charge in [0.25, 0.3) is 5.91 Å². The second kappa shape index (κ2) is 10.8. The largest absolute Gasteiger partial charge is 0.417 e. The molecule has 1 unspecified atom stereocenters. The van der Waals surface area contributed by atoms with Crippen LogP contribution < -0.4 is 16.0 Å². The van der Waals surface area contributed by atoms with E-state index in [1.54, 1.807) is 42.5 Å². The molecule has 2 heterocycles. The van der Waals surface area contributed by atoms with Crippen molar-refractivity contribution in [1.29, 1.82) is 5.41 Å². The van der Waals surface area contributed by atoms with E-state index in [1.807, 2.05) is 0 Å². The molecule has 1 atom stereocenters. The number of hydrogen-bond donors (Lipinski definition) is 4. The highest BCUT2D eigenvalue weighted by molar-refractivity contribution is 6.11.